The van der Waals surface area contributed by atoms with Crippen LogP contribution in [0.5, 0.6) is 0 Å². The molecule has 1 amide bonds. The van der Waals surface area contributed by atoms with E-state index in [4.69, 9.17) is 11.6 Å². The average molecular weight is 438 g/mol. The molecule has 0 aliphatic carbocycles. The molecule has 152 valence electrons. The topological polar surface area (TPSA) is 64.0 Å². The van der Waals surface area contributed by atoms with Gasteiger partial charge < -0.3 is 5.32 Å². The van der Waals surface area contributed by atoms with Crippen LogP contribution < -0.4 is 10.9 Å². The highest BCUT2D eigenvalue weighted by Crippen LogP contribution is 2.35. The summed E-state index contributed by atoms with van der Waals surface area (Å²) in [6.07, 6.45) is 1.44. The second-order valence-corrected chi connectivity index (χ2v) is 8.56. The fourth-order valence-corrected chi connectivity index (χ4v) is 4.78. The Labute approximate surface area is 183 Å². The number of hydrogen-bond donors (Lipinski definition) is 1. The maximum Gasteiger partial charge on any atom is 0.262 e. The number of nitrogens with one attached hydrogen (secondary N) is 1. The standard InChI is InChI=1S/C23H20ClN3O2S/c1-14-20-22(30-21(14)16-7-4-3-5-8-16)25-13-27(23(20)29)12-19(28)26-15(2)17-9-6-10-18(24)11-17/h3-11,13,15H,12H2,1-2H3,(H,26,28)/t15-/m0/s1. The first kappa shape index (κ1) is 20.3. The third kappa shape index (κ3) is 4.01. The van der Waals surface area contributed by atoms with Gasteiger partial charge in [0.05, 0.1) is 17.8 Å². The van der Waals surface area contributed by atoms with Crippen LogP contribution >= 0.6 is 22.9 Å². The van der Waals surface area contributed by atoms with Crippen molar-refractivity contribution in [2.45, 2.75) is 26.4 Å². The number of nitrogens with zero attached hydrogens (tertiary/aromatic N) is 2. The number of hydrogen-bond acceptors (Lipinski definition) is 4. The number of halogens is 1. The van der Waals surface area contributed by atoms with E-state index in [9.17, 15) is 9.59 Å². The molecule has 0 spiro atoms. The average Bonchev–Trinajstić information content (AvgIpc) is 3.08. The highest BCUT2D eigenvalue weighted by molar-refractivity contribution is 7.22. The van der Waals surface area contributed by atoms with Gasteiger partial charge in [0.1, 0.15) is 11.4 Å². The molecule has 7 heteroatoms. The number of fused-ring (bicyclic) bond motifs is 1. The van der Waals surface area contributed by atoms with Crippen LogP contribution in [0.15, 0.2) is 65.7 Å². The highest BCUT2D eigenvalue weighted by Gasteiger charge is 2.17. The molecular formula is C23H20ClN3O2S. The van der Waals surface area contributed by atoms with Gasteiger partial charge in [-0.25, -0.2) is 4.98 Å². The first-order chi connectivity index (χ1) is 14.4. The van der Waals surface area contributed by atoms with E-state index in [0.29, 0.717) is 15.2 Å². The van der Waals surface area contributed by atoms with Gasteiger partial charge in [-0.3, -0.25) is 14.2 Å². The van der Waals surface area contributed by atoms with Crippen molar-refractivity contribution in [3.8, 4) is 10.4 Å². The lowest BCUT2D eigenvalue weighted by molar-refractivity contribution is -0.122. The molecule has 0 aliphatic rings. The summed E-state index contributed by atoms with van der Waals surface area (Å²) < 4.78 is 1.36. The van der Waals surface area contributed by atoms with Gasteiger partial charge in [0, 0.05) is 9.90 Å². The van der Waals surface area contributed by atoms with Crippen molar-refractivity contribution in [3.05, 3.63) is 87.4 Å². The summed E-state index contributed by atoms with van der Waals surface area (Å²) in [6.45, 7) is 3.71. The molecule has 4 aromatic rings. The van der Waals surface area contributed by atoms with E-state index >= 15 is 0 Å². The highest BCUT2D eigenvalue weighted by atomic mass is 35.5. The summed E-state index contributed by atoms with van der Waals surface area (Å²) in [5.41, 5.74) is 2.64. The molecule has 5 nitrogen and oxygen atoms in total. The SMILES string of the molecule is Cc1c(-c2ccccc2)sc2ncn(CC(=O)N[C@@H](C)c3cccc(Cl)c3)c(=O)c12. The molecule has 1 atom stereocenters. The minimum atomic E-state index is -0.262. The van der Waals surface area contributed by atoms with Gasteiger partial charge in [-0.2, -0.15) is 0 Å². The van der Waals surface area contributed by atoms with Crippen molar-refractivity contribution < 1.29 is 4.79 Å². The minimum Gasteiger partial charge on any atom is -0.348 e. The predicted molar refractivity (Wildman–Crippen MR) is 122 cm³/mol. The van der Waals surface area contributed by atoms with Crippen molar-refractivity contribution in [2.24, 2.45) is 0 Å². The van der Waals surface area contributed by atoms with Crippen molar-refractivity contribution in [1.29, 1.82) is 0 Å². The Kier molecular flexibility index (Phi) is 5.70. The molecule has 0 radical (unpaired) electrons. The van der Waals surface area contributed by atoms with Crippen molar-refractivity contribution in [1.82, 2.24) is 14.9 Å². The van der Waals surface area contributed by atoms with Gasteiger partial charge in [-0.1, -0.05) is 54.1 Å². The number of carbonyl (C=O) groups excluding carboxylic acids is 1. The lowest BCUT2D eigenvalue weighted by atomic mass is 10.1. The molecule has 0 bridgehead atoms. The monoisotopic (exact) mass is 437 g/mol. The van der Waals surface area contributed by atoms with Crippen LogP contribution in [0.3, 0.4) is 0 Å². The lowest BCUT2D eigenvalue weighted by Crippen LogP contribution is -2.34. The molecule has 0 saturated heterocycles. The van der Waals surface area contributed by atoms with E-state index in [1.807, 2.05) is 62.4 Å². The van der Waals surface area contributed by atoms with E-state index < -0.39 is 0 Å². The predicted octanol–water partition coefficient (Wildman–Crippen LogP) is 4.96. The lowest BCUT2D eigenvalue weighted by Gasteiger charge is -2.15. The van der Waals surface area contributed by atoms with Crippen LogP contribution in [0.1, 0.15) is 24.1 Å². The Balaban J connectivity index is 1.59. The number of benzene rings is 2. The number of aryl methyl sites for hydroxylation is 1. The van der Waals surface area contributed by atoms with Gasteiger partial charge in [-0.15, -0.1) is 11.3 Å². The van der Waals surface area contributed by atoms with Crippen LogP contribution in [0.2, 0.25) is 5.02 Å². The largest absolute Gasteiger partial charge is 0.348 e. The molecule has 1 N–H and O–H groups in total. The quantitative estimate of drug-likeness (QED) is 0.479. The number of thiophene rings is 1. The van der Waals surface area contributed by atoms with E-state index in [0.717, 1.165) is 21.6 Å². The number of amides is 1. The van der Waals surface area contributed by atoms with E-state index in [-0.39, 0.29) is 24.1 Å². The van der Waals surface area contributed by atoms with Gasteiger partial charge in [0.15, 0.2) is 0 Å². The molecule has 0 saturated carbocycles. The third-order valence-corrected chi connectivity index (χ3v) is 6.48. The molecule has 2 aromatic heterocycles. The first-order valence-corrected chi connectivity index (χ1v) is 10.7. The Bertz CT molecular complexity index is 1280. The first-order valence-electron chi connectivity index (χ1n) is 9.53. The molecule has 30 heavy (non-hydrogen) atoms. The molecule has 4 rings (SSSR count). The zero-order chi connectivity index (χ0) is 21.3. The smallest absolute Gasteiger partial charge is 0.262 e. The summed E-state index contributed by atoms with van der Waals surface area (Å²) in [4.78, 5) is 31.8. The molecule has 0 aliphatic heterocycles. The fourth-order valence-electron chi connectivity index (χ4n) is 3.44. The Morgan fingerprint density at radius 1 is 1.20 bits per heavy atom. The van der Waals surface area contributed by atoms with Crippen molar-refractivity contribution >= 4 is 39.1 Å². The van der Waals surface area contributed by atoms with Gasteiger partial charge >= 0.3 is 0 Å². The fraction of sp³-hybridized carbons (Fsp3) is 0.174. The van der Waals surface area contributed by atoms with E-state index in [2.05, 4.69) is 10.3 Å². The van der Waals surface area contributed by atoms with E-state index in [1.165, 1.54) is 22.2 Å². The Morgan fingerprint density at radius 3 is 2.70 bits per heavy atom. The van der Waals surface area contributed by atoms with E-state index in [1.54, 1.807) is 6.07 Å². The van der Waals surface area contributed by atoms with Gasteiger partial charge in [-0.05, 0) is 42.7 Å². The normalized spacial score (nSPS) is 12.1. The van der Waals surface area contributed by atoms with Crippen LogP contribution in [0.4, 0.5) is 0 Å². The number of carbonyl (C=O) groups is 1. The van der Waals surface area contributed by atoms with Crippen LogP contribution in [-0.2, 0) is 11.3 Å². The van der Waals surface area contributed by atoms with Crippen LogP contribution in [-0.4, -0.2) is 15.5 Å². The van der Waals surface area contributed by atoms with Crippen molar-refractivity contribution in [2.75, 3.05) is 0 Å². The minimum absolute atomic E-state index is 0.0946. The molecular weight excluding hydrogens is 418 g/mol. The molecule has 0 fully saturated rings. The van der Waals surface area contributed by atoms with Gasteiger partial charge in [0.25, 0.3) is 5.56 Å². The molecule has 0 unspecified atom stereocenters. The van der Waals surface area contributed by atoms with Crippen molar-refractivity contribution in [3.63, 3.8) is 0 Å². The third-order valence-electron chi connectivity index (χ3n) is 4.99. The summed E-state index contributed by atoms with van der Waals surface area (Å²) >= 11 is 7.52. The Hall–Kier alpha value is -2.96. The maximum atomic E-state index is 13.1. The zero-order valence-electron chi connectivity index (χ0n) is 16.6. The summed E-state index contributed by atoms with van der Waals surface area (Å²) in [5.74, 6) is -0.262. The van der Waals surface area contributed by atoms with Crippen LogP contribution in [0.25, 0.3) is 20.7 Å². The Morgan fingerprint density at radius 2 is 1.97 bits per heavy atom. The summed E-state index contributed by atoms with van der Waals surface area (Å²) in [5, 5.41) is 4.09. The summed E-state index contributed by atoms with van der Waals surface area (Å²) in [6, 6.07) is 17.0. The van der Waals surface area contributed by atoms with Gasteiger partial charge in [0.2, 0.25) is 5.91 Å². The van der Waals surface area contributed by atoms with Crippen LogP contribution in [0, 0.1) is 6.92 Å². The maximum absolute atomic E-state index is 13.1. The summed E-state index contributed by atoms with van der Waals surface area (Å²) in [7, 11) is 0. The second kappa shape index (κ2) is 8.42. The zero-order valence-corrected chi connectivity index (χ0v) is 18.1. The number of rotatable bonds is 5. The molecule has 2 heterocycles. The number of aromatic nitrogens is 2. The second-order valence-electron chi connectivity index (χ2n) is 7.12. The molecule has 2 aromatic carbocycles.